The van der Waals surface area contributed by atoms with Crippen LogP contribution in [0.15, 0.2) is 42.5 Å². The molecule has 0 aromatic heterocycles. The summed E-state index contributed by atoms with van der Waals surface area (Å²) in [6.45, 7) is 3.71. The summed E-state index contributed by atoms with van der Waals surface area (Å²) in [4.78, 5) is 11.3. The van der Waals surface area contributed by atoms with E-state index in [9.17, 15) is 4.79 Å². The lowest BCUT2D eigenvalue weighted by Gasteiger charge is -2.04. The zero-order valence-corrected chi connectivity index (χ0v) is 9.99. The first kappa shape index (κ1) is 12.5. The van der Waals surface area contributed by atoms with E-state index in [2.05, 4.69) is 0 Å². The summed E-state index contributed by atoms with van der Waals surface area (Å²) < 4.78 is 5.13. The largest absolute Gasteiger partial charge is 0.423 e. The summed E-state index contributed by atoms with van der Waals surface area (Å²) >= 11 is 5.79. The molecule has 0 aliphatic heterocycles. The van der Waals surface area contributed by atoms with Crippen molar-refractivity contribution in [1.29, 1.82) is 0 Å². The number of aryl methyl sites for hydroxylation is 1. The van der Waals surface area contributed by atoms with Gasteiger partial charge in [0.2, 0.25) is 0 Å². The van der Waals surface area contributed by atoms with E-state index in [1.807, 2.05) is 19.9 Å². The minimum Gasteiger partial charge on any atom is -0.423 e. The molecule has 0 saturated carbocycles. The molecule has 2 nitrogen and oxygen atoms in total. The van der Waals surface area contributed by atoms with Gasteiger partial charge in [0, 0.05) is 11.1 Å². The van der Waals surface area contributed by atoms with Gasteiger partial charge in [-0.2, -0.15) is 0 Å². The van der Waals surface area contributed by atoms with E-state index in [0.29, 0.717) is 10.8 Å². The molecule has 0 aliphatic carbocycles. The SMILES string of the molecule is C/C=C/C=C/C(=O)Oc1ccc(Cl)cc1C. The molecule has 1 aromatic rings. The molecular formula is C13H13ClO2. The minimum atomic E-state index is -0.400. The van der Waals surface area contributed by atoms with Gasteiger partial charge in [0.1, 0.15) is 5.75 Å². The van der Waals surface area contributed by atoms with Gasteiger partial charge >= 0.3 is 5.97 Å². The van der Waals surface area contributed by atoms with E-state index < -0.39 is 5.97 Å². The summed E-state index contributed by atoms with van der Waals surface area (Å²) in [5.74, 6) is 0.128. The van der Waals surface area contributed by atoms with Crippen LogP contribution in [0.1, 0.15) is 12.5 Å². The molecule has 1 aromatic carbocycles. The molecule has 84 valence electrons. The Hall–Kier alpha value is -1.54. The lowest BCUT2D eigenvalue weighted by molar-refractivity contribution is -0.129. The van der Waals surface area contributed by atoms with Gasteiger partial charge in [-0.05, 0) is 37.6 Å². The third-order valence-electron chi connectivity index (χ3n) is 1.88. The molecule has 0 aliphatic rings. The van der Waals surface area contributed by atoms with E-state index in [1.54, 1.807) is 30.4 Å². The number of carbonyl (C=O) groups excluding carboxylic acids is 1. The molecule has 0 saturated heterocycles. The first-order valence-corrected chi connectivity index (χ1v) is 5.28. The molecule has 0 amide bonds. The number of ether oxygens (including phenoxy) is 1. The number of hydrogen-bond donors (Lipinski definition) is 0. The summed E-state index contributed by atoms with van der Waals surface area (Å²) in [6, 6.07) is 5.12. The molecule has 0 unspecified atom stereocenters. The normalized spacial score (nSPS) is 11.2. The van der Waals surface area contributed by atoms with Crippen molar-refractivity contribution < 1.29 is 9.53 Å². The summed E-state index contributed by atoms with van der Waals surface area (Å²) in [5, 5.41) is 0.627. The lowest BCUT2D eigenvalue weighted by Crippen LogP contribution is -2.04. The predicted octanol–water partition coefficient (Wildman–Crippen LogP) is 3.69. The van der Waals surface area contributed by atoms with Gasteiger partial charge in [-0.1, -0.05) is 29.8 Å². The number of halogens is 1. The fourth-order valence-electron chi connectivity index (χ4n) is 1.11. The number of rotatable bonds is 3. The fraction of sp³-hybridized carbons (Fsp3) is 0.154. The summed E-state index contributed by atoms with van der Waals surface area (Å²) in [5.41, 5.74) is 0.834. The maximum atomic E-state index is 11.3. The molecule has 0 heterocycles. The Morgan fingerprint density at radius 3 is 2.75 bits per heavy atom. The van der Waals surface area contributed by atoms with E-state index >= 15 is 0 Å². The molecule has 0 fully saturated rings. The van der Waals surface area contributed by atoms with E-state index in [-0.39, 0.29) is 0 Å². The zero-order valence-electron chi connectivity index (χ0n) is 9.24. The highest BCUT2D eigenvalue weighted by Crippen LogP contribution is 2.21. The molecule has 16 heavy (non-hydrogen) atoms. The van der Waals surface area contributed by atoms with E-state index in [0.717, 1.165) is 5.56 Å². The Labute approximate surface area is 100 Å². The average Bonchev–Trinajstić information content (AvgIpc) is 2.23. The fourth-order valence-corrected chi connectivity index (χ4v) is 1.34. The third kappa shape index (κ3) is 3.91. The maximum Gasteiger partial charge on any atom is 0.336 e. The van der Waals surface area contributed by atoms with Crippen LogP contribution >= 0.6 is 11.6 Å². The van der Waals surface area contributed by atoms with Crippen LogP contribution in [0.2, 0.25) is 5.02 Å². The molecule has 0 radical (unpaired) electrons. The van der Waals surface area contributed by atoms with Crippen LogP contribution in [0, 0.1) is 6.92 Å². The monoisotopic (exact) mass is 236 g/mol. The maximum absolute atomic E-state index is 11.3. The second-order valence-corrected chi connectivity index (χ2v) is 3.65. The van der Waals surface area contributed by atoms with Crippen molar-refractivity contribution in [2.75, 3.05) is 0 Å². The standard InChI is InChI=1S/C13H13ClO2/c1-3-4-5-6-13(15)16-12-8-7-11(14)9-10(12)2/h3-9H,1-2H3/b4-3+,6-5+. The highest BCUT2D eigenvalue weighted by atomic mass is 35.5. The van der Waals surface area contributed by atoms with Gasteiger partial charge in [0.15, 0.2) is 0 Å². The summed E-state index contributed by atoms with van der Waals surface area (Å²) in [6.07, 6.45) is 6.59. The first-order valence-electron chi connectivity index (χ1n) is 4.91. The number of esters is 1. The van der Waals surface area contributed by atoms with Gasteiger partial charge in [-0.25, -0.2) is 4.79 Å². The molecule has 0 atom stereocenters. The van der Waals surface area contributed by atoms with Crippen molar-refractivity contribution in [2.24, 2.45) is 0 Å². The molecule has 3 heteroatoms. The Morgan fingerprint density at radius 1 is 1.38 bits per heavy atom. The Balaban J connectivity index is 2.70. The van der Waals surface area contributed by atoms with Crippen molar-refractivity contribution in [3.05, 3.63) is 53.1 Å². The average molecular weight is 237 g/mol. The van der Waals surface area contributed by atoms with Crippen molar-refractivity contribution >= 4 is 17.6 Å². The zero-order chi connectivity index (χ0) is 12.0. The first-order chi connectivity index (χ1) is 7.63. The quantitative estimate of drug-likeness (QED) is 0.346. The molecule has 0 N–H and O–H groups in total. The number of benzene rings is 1. The number of carbonyl (C=O) groups is 1. The van der Waals surface area contributed by atoms with Crippen LogP contribution in [-0.4, -0.2) is 5.97 Å². The van der Waals surface area contributed by atoms with Crippen LogP contribution in [0.3, 0.4) is 0 Å². The summed E-state index contributed by atoms with van der Waals surface area (Å²) in [7, 11) is 0. The van der Waals surface area contributed by atoms with Crippen LogP contribution in [0.5, 0.6) is 5.75 Å². The van der Waals surface area contributed by atoms with Crippen molar-refractivity contribution in [3.63, 3.8) is 0 Å². The van der Waals surface area contributed by atoms with Gasteiger partial charge < -0.3 is 4.74 Å². The van der Waals surface area contributed by atoms with Gasteiger partial charge in [-0.15, -0.1) is 0 Å². The van der Waals surface area contributed by atoms with Gasteiger partial charge in [0.25, 0.3) is 0 Å². The van der Waals surface area contributed by atoms with Gasteiger partial charge in [-0.3, -0.25) is 0 Å². The molecule has 0 bridgehead atoms. The van der Waals surface area contributed by atoms with Crippen molar-refractivity contribution in [2.45, 2.75) is 13.8 Å². The highest BCUT2D eigenvalue weighted by Gasteiger charge is 2.03. The topological polar surface area (TPSA) is 26.3 Å². The van der Waals surface area contributed by atoms with Gasteiger partial charge in [0.05, 0.1) is 0 Å². The number of allylic oxidation sites excluding steroid dienone is 3. The van der Waals surface area contributed by atoms with Crippen LogP contribution in [0.25, 0.3) is 0 Å². The van der Waals surface area contributed by atoms with Crippen molar-refractivity contribution in [3.8, 4) is 5.75 Å². The van der Waals surface area contributed by atoms with Crippen LogP contribution in [-0.2, 0) is 4.79 Å². The van der Waals surface area contributed by atoms with E-state index in [4.69, 9.17) is 16.3 Å². The molecule has 1 rings (SSSR count). The highest BCUT2D eigenvalue weighted by molar-refractivity contribution is 6.30. The Kier molecular flexibility index (Phi) is 4.80. The Morgan fingerprint density at radius 2 is 2.12 bits per heavy atom. The molecule has 0 spiro atoms. The lowest BCUT2D eigenvalue weighted by atomic mass is 10.2. The third-order valence-corrected chi connectivity index (χ3v) is 2.12. The van der Waals surface area contributed by atoms with Crippen LogP contribution in [0.4, 0.5) is 0 Å². The van der Waals surface area contributed by atoms with Crippen LogP contribution < -0.4 is 4.74 Å². The molecular weight excluding hydrogens is 224 g/mol. The predicted molar refractivity (Wildman–Crippen MR) is 65.8 cm³/mol. The number of hydrogen-bond acceptors (Lipinski definition) is 2. The van der Waals surface area contributed by atoms with E-state index in [1.165, 1.54) is 6.08 Å². The Bertz CT molecular complexity index is 434. The smallest absolute Gasteiger partial charge is 0.336 e. The van der Waals surface area contributed by atoms with Crippen molar-refractivity contribution in [1.82, 2.24) is 0 Å². The minimum absolute atomic E-state index is 0.400. The second-order valence-electron chi connectivity index (χ2n) is 3.22. The second kappa shape index (κ2) is 6.13.